The van der Waals surface area contributed by atoms with Gasteiger partial charge in [-0.1, -0.05) is 6.92 Å². The fraction of sp³-hybridized carbons (Fsp3) is 0.857. The maximum atomic E-state index is 10.8. The molecule has 0 saturated heterocycles. The van der Waals surface area contributed by atoms with Crippen LogP contribution >= 0.6 is 0 Å². The van der Waals surface area contributed by atoms with Gasteiger partial charge in [0.05, 0.1) is 0 Å². The van der Waals surface area contributed by atoms with Gasteiger partial charge in [0.25, 0.3) is 0 Å². The zero-order chi connectivity index (χ0) is 7.98. The van der Waals surface area contributed by atoms with Gasteiger partial charge in [-0.05, 0) is 13.0 Å². The highest BCUT2D eigenvalue weighted by atomic mass is 16.1. The first-order valence-electron chi connectivity index (χ1n) is 3.68. The van der Waals surface area contributed by atoms with Gasteiger partial charge in [0.1, 0.15) is 5.78 Å². The lowest BCUT2D eigenvalue weighted by Crippen LogP contribution is -2.26. The molecule has 0 aliphatic carbocycles. The number of hydrogen-bond donors (Lipinski definition) is 2. The average molecular weight is 144 g/mol. The monoisotopic (exact) mass is 144 g/mol. The van der Waals surface area contributed by atoms with Crippen molar-refractivity contribution in [3.8, 4) is 0 Å². The molecular weight excluding hydrogens is 128 g/mol. The number of Topliss-reactive ketones (excluding diaryl/α,β-unsaturated/α-hetero) is 1. The van der Waals surface area contributed by atoms with E-state index < -0.39 is 0 Å². The van der Waals surface area contributed by atoms with E-state index in [1.54, 1.807) is 0 Å². The molecule has 0 aliphatic heterocycles. The third-order valence-electron chi connectivity index (χ3n) is 1.42. The third kappa shape index (κ3) is 4.47. The maximum absolute atomic E-state index is 10.8. The molecule has 3 nitrogen and oxygen atoms in total. The third-order valence-corrected chi connectivity index (χ3v) is 1.42. The molecule has 1 unspecified atom stereocenters. The summed E-state index contributed by atoms with van der Waals surface area (Å²) < 4.78 is 0. The summed E-state index contributed by atoms with van der Waals surface area (Å²) >= 11 is 0. The molecule has 0 bridgehead atoms. The molecule has 0 spiro atoms. The van der Waals surface area contributed by atoms with Crippen molar-refractivity contribution in [2.45, 2.75) is 32.2 Å². The number of rotatable bonds is 5. The number of nitrogens with two attached hydrogens (primary N) is 2. The Labute approximate surface area is 61.8 Å². The lowest BCUT2D eigenvalue weighted by atomic mass is 10.1. The number of ketones is 1. The van der Waals surface area contributed by atoms with Gasteiger partial charge in [0.2, 0.25) is 0 Å². The standard InChI is InChI=1S/C7H16N2O/c1-2-7(10)5-6(9)3-4-8/h6H,2-5,8-9H2,1H3. The van der Waals surface area contributed by atoms with Crippen LogP contribution in [0.5, 0.6) is 0 Å². The van der Waals surface area contributed by atoms with Crippen LogP contribution in [0.4, 0.5) is 0 Å². The molecule has 60 valence electrons. The first kappa shape index (κ1) is 9.59. The summed E-state index contributed by atoms with van der Waals surface area (Å²) in [6.45, 7) is 2.41. The predicted octanol–water partition coefficient (Wildman–Crippen LogP) is 0.0317. The smallest absolute Gasteiger partial charge is 0.134 e. The Morgan fingerprint density at radius 1 is 1.60 bits per heavy atom. The van der Waals surface area contributed by atoms with Crippen LogP contribution in [0.1, 0.15) is 26.2 Å². The molecule has 3 heteroatoms. The van der Waals surface area contributed by atoms with Gasteiger partial charge >= 0.3 is 0 Å². The minimum Gasteiger partial charge on any atom is -0.330 e. The summed E-state index contributed by atoms with van der Waals surface area (Å²) in [4.78, 5) is 10.8. The molecule has 10 heavy (non-hydrogen) atoms. The van der Waals surface area contributed by atoms with Gasteiger partial charge in [-0.3, -0.25) is 4.79 Å². The maximum Gasteiger partial charge on any atom is 0.134 e. The number of carbonyl (C=O) groups excluding carboxylic acids is 1. The first-order valence-corrected chi connectivity index (χ1v) is 3.68. The molecule has 4 N–H and O–H groups in total. The van der Waals surface area contributed by atoms with E-state index in [2.05, 4.69) is 0 Å². The average Bonchev–Trinajstić information content (AvgIpc) is 1.88. The van der Waals surface area contributed by atoms with Crippen LogP contribution < -0.4 is 11.5 Å². The molecule has 0 amide bonds. The van der Waals surface area contributed by atoms with Crippen LogP contribution in [0.25, 0.3) is 0 Å². The van der Waals surface area contributed by atoms with E-state index in [1.165, 1.54) is 0 Å². The molecule has 0 aliphatic rings. The highest BCUT2D eigenvalue weighted by Crippen LogP contribution is 1.96. The highest BCUT2D eigenvalue weighted by Gasteiger charge is 2.05. The summed E-state index contributed by atoms with van der Waals surface area (Å²) in [5.74, 6) is 0.223. The fourth-order valence-corrected chi connectivity index (χ4v) is 0.753. The zero-order valence-electron chi connectivity index (χ0n) is 6.47. The number of hydrogen-bond acceptors (Lipinski definition) is 3. The van der Waals surface area contributed by atoms with Crippen molar-refractivity contribution >= 4 is 5.78 Å². The minimum absolute atomic E-state index is 0.0301. The van der Waals surface area contributed by atoms with Gasteiger partial charge in [0, 0.05) is 18.9 Å². The Kier molecular flexibility index (Phi) is 5.16. The molecule has 1 atom stereocenters. The van der Waals surface area contributed by atoms with Crippen LogP contribution in [-0.4, -0.2) is 18.4 Å². The van der Waals surface area contributed by atoms with E-state index in [0.717, 1.165) is 6.42 Å². The molecule has 0 aromatic rings. The number of carbonyl (C=O) groups is 1. The Hall–Kier alpha value is -0.410. The summed E-state index contributed by atoms with van der Waals surface area (Å²) in [5.41, 5.74) is 10.8. The van der Waals surface area contributed by atoms with Crippen molar-refractivity contribution < 1.29 is 4.79 Å². The molecular formula is C7H16N2O. The summed E-state index contributed by atoms with van der Waals surface area (Å²) in [5, 5.41) is 0. The fourth-order valence-electron chi connectivity index (χ4n) is 0.753. The minimum atomic E-state index is -0.0301. The lowest BCUT2D eigenvalue weighted by Gasteiger charge is -2.06. The Balaban J connectivity index is 3.37. The van der Waals surface area contributed by atoms with Gasteiger partial charge in [-0.25, -0.2) is 0 Å². The normalized spacial score (nSPS) is 13.1. The van der Waals surface area contributed by atoms with Gasteiger partial charge in [-0.15, -0.1) is 0 Å². The van der Waals surface area contributed by atoms with E-state index in [9.17, 15) is 4.79 Å². The highest BCUT2D eigenvalue weighted by molar-refractivity contribution is 5.78. The van der Waals surface area contributed by atoms with E-state index >= 15 is 0 Å². The van der Waals surface area contributed by atoms with Crippen LogP contribution in [-0.2, 0) is 4.79 Å². The van der Waals surface area contributed by atoms with E-state index in [-0.39, 0.29) is 11.8 Å². The molecule has 0 heterocycles. The second-order valence-corrected chi connectivity index (χ2v) is 2.43. The van der Waals surface area contributed by atoms with Crippen LogP contribution in [0.3, 0.4) is 0 Å². The van der Waals surface area contributed by atoms with Crippen LogP contribution in [0, 0.1) is 0 Å². The molecule has 0 rings (SSSR count). The van der Waals surface area contributed by atoms with E-state index in [0.29, 0.717) is 19.4 Å². The van der Waals surface area contributed by atoms with Gasteiger partial charge < -0.3 is 11.5 Å². The summed E-state index contributed by atoms with van der Waals surface area (Å²) in [6, 6.07) is -0.0301. The summed E-state index contributed by atoms with van der Waals surface area (Å²) in [7, 11) is 0. The lowest BCUT2D eigenvalue weighted by molar-refractivity contribution is -0.119. The largest absolute Gasteiger partial charge is 0.330 e. The molecule has 0 fully saturated rings. The van der Waals surface area contributed by atoms with Gasteiger partial charge in [0.15, 0.2) is 0 Å². The van der Waals surface area contributed by atoms with Crippen molar-refractivity contribution in [2.75, 3.05) is 6.54 Å². The van der Waals surface area contributed by atoms with E-state index in [4.69, 9.17) is 11.5 Å². The van der Waals surface area contributed by atoms with Crippen LogP contribution in [0.15, 0.2) is 0 Å². The quantitative estimate of drug-likeness (QED) is 0.572. The summed E-state index contributed by atoms with van der Waals surface area (Å²) in [6.07, 6.45) is 1.80. The van der Waals surface area contributed by atoms with Gasteiger partial charge in [-0.2, -0.15) is 0 Å². The Bertz CT molecular complexity index is 104. The zero-order valence-corrected chi connectivity index (χ0v) is 6.47. The Morgan fingerprint density at radius 3 is 2.60 bits per heavy atom. The molecule has 0 aromatic carbocycles. The predicted molar refractivity (Wildman–Crippen MR) is 41.6 cm³/mol. The van der Waals surface area contributed by atoms with Crippen molar-refractivity contribution in [2.24, 2.45) is 11.5 Å². The van der Waals surface area contributed by atoms with E-state index in [1.807, 2.05) is 6.92 Å². The second kappa shape index (κ2) is 5.38. The first-order chi connectivity index (χ1) is 4.70. The van der Waals surface area contributed by atoms with Crippen molar-refractivity contribution in [1.29, 1.82) is 0 Å². The van der Waals surface area contributed by atoms with Crippen molar-refractivity contribution in [3.63, 3.8) is 0 Å². The SMILES string of the molecule is CCC(=O)CC(N)CCN. The molecule has 0 aromatic heterocycles. The van der Waals surface area contributed by atoms with Crippen molar-refractivity contribution in [1.82, 2.24) is 0 Å². The van der Waals surface area contributed by atoms with Crippen LogP contribution in [0.2, 0.25) is 0 Å². The molecule has 0 saturated carbocycles. The molecule has 0 radical (unpaired) electrons. The topological polar surface area (TPSA) is 69.1 Å². The van der Waals surface area contributed by atoms with Crippen molar-refractivity contribution in [3.05, 3.63) is 0 Å². The Morgan fingerprint density at radius 2 is 2.20 bits per heavy atom. The second-order valence-electron chi connectivity index (χ2n) is 2.43.